The Morgan fingerprint density at radius 1 is 1.00 bits per heavy atom. The molecular weight excluding hydrogens is 272 g/mol. The molecule has 0 spiro atoms. The Kier molecular flexibility index (Phi) is 4.08. The molecule has 0 heterocycles. The number of benzene rings is 2. The van der Waals surface area contributed by atoms with Gasteiger partial charge in [-0.05, 0) is 36.4 Å². The molecule has 3 N–H and O–H groups in total. The summed E-state index contributed by atoms with van der Waals surface area (Å²) >= 11 is 0. The van der Waals surface area contributed by atoms with E-state index in [9.17, 15) is 19.8 Å². The highest BCUT2D eigenvalue weighted by Gasteiger charge is 2.20. The number of aromatic hydroxyl groups is 2. The lowest BCUT2D eigenvalue weighted by Gasteiger charge is -2.16. The van der Waals surface area contributed by atoms with E-state index in [1.807, 2.05) is 0 Å². The second-order valence-corrected chi connectivity index (χ2v) is 4.39. The highest BCUT2D eigenvalue weighted by molar-refractivity contribution is 6.44. The number of hydrogen-bond acceptors (Lipinski definition) is 4. The van der Waals surface area contributed by atoms with Crippen molar-refractivity contribution in [3.05, 3.63) is 48.5 Å². The Balaban J connectivity index is 2.08. The first-order valence-electron chi connectivity index (χ1n) is 6.14. The van der Waals surface area contributed by atoms with Crippen molar-refractivity contribution in [3.8, 4) is 11.5 Å². The maximum absolute atomic E-state index is 12.0. The summed E-state index contributed by atoms with van der Waals surface area (Å²) in [5.74, 6) is -1.52. The number of anilines is 2. The lowest BCUT2D eigenvalue weighted by molar-refractivity contribution is -0.134. The monoisotopic (exact) mass is 286 g/mol. The number of rotatable bonds is 2. The SMILES string of the molecule is CN(C(=O)C(=O)Nc1cccc(O)c1)c1ccc(O)cc1. The molecule has 0 fully saturated rings. The molecule has 2 aromatic rings. The van der Waals surface area contributed by atoms with E-state index in [1.165, 1.54) is 43.4 Å². The molecule has 0 bridgehead atoms. The van der Waals surface area contributed by atoms with E-state index in [1.54, 1.807) is 12.1 Å². The van der Waals surface area contributed by atoms with Gasteiger partial charge in [0.1, 0.15) is 11.5 Å². The number of carbonyl (C=O) groups is 2. The molecule has 6 nitrogen and oxygen atoms in total. The van der Waals surface area contributed by atoms with E-state index < -0.39 is 11.8 Å². The second kappa shape index (κ2) is 5.96. The quantitative estimate of drug-likeness (QED) is 0.733. The number of phenols is 2. The van der Waals surface area contributed by atoms with Crippen LogP contribution in [-0.4, -0.2) is 29.1 Å². The Morgan fingerprint density at radius 2 is 1.67 bits per heavy atom. The third-order valence-corrected chi connectivity index (χ3v) is 2.84. The summed E-state index contributed by atoms with van der Waals surface area (Å²) < 4.78 is 0. The first-order valence-corrected chi connectivity index (χ1v) is 6.14. The first-order chi connectivity index (χ1) is 9.97. The molecule has 0 saturated heterocycles. The van der Waals surface area contributed by atoms with E-state index in [2.05, 4.69) is 5.32 Å². The van der Waals surface area contributed by atoms with Gasteiger partial charge in [0.2, 0.25) is 0 Å². The molecule has 2 rings (SSSR count). The fourth-order valence-electron chi connectivity index (χ4n) is 1.71. The average molecular weight is 286 g/mol. The summed E-state index contributed by atoms with van der Waals surface area (Å²) in [6, 6.07) is 11.8. The molecule has 0 aromatic heterocycles. The predicted octanol–water partition coefficient (Wildman–Crippen LogP) is 1.70. The molecular formula is C15H14N2O4. The molecule has 108 valence electrons. The van der Waals surface area contributed by atoms with Crippen LogP contribution < -0.4 is 10.2 Å². The topological polar surface area (TPSA) is 89.9 Å². The molecule has 0 aliphatic rings. The van der Waals surface area contributed by atoms with Crippen molar-refractivity contribution in [2.45, 2.75) is 0 Å². The van der Waals surface area contributed by atoms with Crippen molar-refractivity contribution in [2.75, 3.05) is 17.3 Å². The molecule has 6 heteroatoms. The number of likely N-dealkylation sites (N-methyl/N-ethyl adjacent to an activating group) is 1. The zero-order chi connectivity index (χ0) is 15.4. The summed E-state index contributed by atoms with van der Waals surface area (Å²) in [4.78, 5) is 25.0. The summed E-state index contributed by atoms with van der Waals surface area (Å²) in [7, 11) is 1.46. The van der Waals surface area contributed by atoms with Crippen molar-refractivity contribution in [3.63, 3.8) is 0 Å². The molecule has 0 aliphatic carbocycles. The predicted molar refractivity (Wildman–Crippen MR) is 78.3 cm³/mol. The van der Waals surface area contributed by atoms with E-state index in [0.29, 0.717) is 11.4 Å². The first kappa shape index (κ1) is 14.4. The highest BCUT2D eigenvalue weighted by Crippen LogP contribution is 2.18. The molecule has 2 amide bonds. The third kappa shape index (κ3) is 3.50. The lowest BCUT2D eigenvalue weighted by atomic mass is 10.2. The minimum atomic E-state index is -0.823. The van der Waals surface area contributed by atoms with E-state index in [0.717, 1.165) is 4.90 Å². The van der Waals surface area contributed by atoms with Crippen LogP contribution in [0, 0.1) is 0 Å². The zero-order valence-electron chi connectivity index (χ0n) is 11.3. The summed E-state index contributed by atoms with van der Waals surface area (Å²) in [5.41, 5.74) is 0.802. The van der Waals surface area contributed by atoms with E-state index >= 15 is 0 Å². The van der Waals surface area contributed by atoms with Crippen LogP contribution in [0.15, 0.2) is 48.5 Å². The van der Waals surface area contributed by atoms with Gasteiger partial charge >= 0.3 is 11.8 Å². The van der Waals surface area contributed by atoms with Crippen molar-refractivity contribution < 1.29 is 19.8 Å². The van der Waals surface area contributed by atoms with E-state index in [4.69, 9.17) is 0 Å². The third-order valence-electron chi connectivity index (χ3n) is 2.84. The van der Waals surface area contributed by atoms with Crippen molar-refractivity contribution in [1.82, 2.24) is 0 Å². The molecule has 0 aliphatic heterocycles. The fraction of sp³-hybridized carbons (Fsp3) is 0.0667. The second-order valence-electron chi connectivity index (χ2n) is 4.39. The van der Waals surface area contributed by atoms with Crippen LogP contribution in [0.4, 0.5) is 11.4 Å². The van der Waals surface area contributed by atoms with Crippen LogP contribution in [0.3, 0.4) is 0 Å². The van der Waals surface area contributed by atoms with Gasteiger partial charge in [0, 0.05) is 24.5 Å². The standard InChI is InChI=1S/C15H14N2O4/c1-17(11-5-7-12(18)8-6-11)15(21)14(20)16-10-3-2-4-13(19)9-10/h2-9,18-19H,1H3,(H,16,20). The van der Waals surface area contributed by atoms with Crippen molar-refractivity contribution in [1.29, 1.82) is 0 Å². The summed E-state index contributed by atoms with van der Waals surface area (Å²) in [5, 5.41) is 20.9. The maximum Gasteiger partial charge on any atom is 0.316 e. The Hall–Kier alpha value is -3.02. The highest BCUT2D eigenvalue weighted by atomic mass is 16.3. The van der Waals surface area contributed by atoms with Crippen LogP contribution in [0.5, 0.6) is 11.5 Å². The van der Waals surface area contributed by atoms with Gasteiger partial charge in [-0.15, -0.1) is 0 Å². The number of hydrogen-bond donors (Lipinski definition) is 3. The minimum Gasteiger partial charge on any atom is -0.508 e. The molecule has 0 radical (unpaired) electrons. The van der Waals surface area contributed by atoms with Crippen LogP contribution in [-0.2, 0) is 9.59 Å². The number of nitrogens with zero attached hydrogens (tertiary/aromatic N) is 1. The Bertz CT molecular complexity index is 668. The van der Waals surface area contributed by atoms with Gasteiger partial charge in [-0.1, -0.05) is 6.07 Å². The molecule has 0 atom stereocenters. The largest absolute Gasteiger partial charge is 0.508 e. The fourth-order valence-corrected chi connectivity index (χ4v) is 1.71. The van der Waals surface area contributed by atoms with Gasteiger partial charge in [0.25, 0.3) is 0 Å². The van der Waals surface area contributed by atoms with Crippen LogP contribution in [0.2, 0.25) is 0 Å². The van der Waals surface area contributed by atoms with Gasteiger partial charge < -0.3 is 20.4 Å². The molecule has 2 aromatic carbocycles. The minimum absolute atomic E-state index is 0.00728. The van der Waals surface area contributed by atoms with Gasteiger partial charge in [-0.2, -0.15) is 0 Å². The average Bonchev–Trinajstić information content (AvgIpc) is 2.46. The van der Waals surface area contributed by atoms with Gasteiger partial charge in [-0.25, -0.2) is 0 Å². The summed E-state index contributed by atoms with van der Waals surface area (Å²) in [6.45, 7) is 0. The lowest BCUT2D eigenvalue weighted by Crippen LogP contribution is -2.37. The summed E-state index contributed by atoms with van der Waals surface area (Å²) in [6.07, 6.45) is 0. The van der Waals surface area contributed by atoms with Gasteiger partial charge in [0.05, 0.1) is 0 Å². The molecule has 21 heavy (non-hydrogen) atoms. The Morgan fingerprint density at radius 3 is 2.29 bits per heavy atom. The van der Waals surface area contributed by atoms with Crippen molar-refractivity contribution >= 4 is 23.2 Å². The Labute approximate surface area is 121 Å². The van der Waals surface area contributed by atoms with Crippen LogP contribution in [0.1, 0.15) is 0 Å². The number of nitrogens with one attached hydrogen (secondary N) is 1. The van der Waals surface area contributed by atoms with Crippen LogP contribution >= 0.6 is 0 Å². The van der Waals surface area contributed by atoms with Crippen molar-refractivity contribution in [2.24, 2.45) is 0 Å². The van der Waals surface area contributed by atoms with Gasteiger partial charge in [0.15, 0.2) is 0 Å². The van der Waals surface area contributed by atoms with E-state index in [-0.39, 0.29) is 11.5 Å². The normalized spacial score (nSPS) is 9.95. The number of carbonyl (C=O) groups excluding carboxylic acids is 2. The molecule has 0 saturated carbocycles. The van der Waals surface area contributed by atoms with Gasteiger partial charge in [-0.3, -0.25) is 9.59 Å². The number of phenolic OH excluding ortho intramolecular Hbond substituents is 2. The number of amides is 2. The smallest absolute Gasteiger partial charge is 0.316 e. The zero-order valence-corrected chi connectivity index (χ0v) is 11.3. The van der Waals surface area contributed by atoms with Crippen LogP contribution in [0.25, 0.3) is 0 Å². The molecule has 0 unspecified atom stereocenters. The maximum atomic E-state index is 12.0.